The summed E-state index contributed by atoms with van der Waals surface area (Å²) in [6, 6.07) is 0. The Hall–Kier alpha value is 0. The lowest BCUT2D eigenvalue weighted by molar-refractivity contribution is 0.886. The highest BCUT2D eigenvalue weighted by atomic mass is 14.0. The lowest BCUT2D eigenvalue weighted by Crippen LogP contribution is -1.47. The van der Waals surface area contributed by atoms with Gasteiger partial charge in [0.15, 0.2) is 0 Å². The van der Waals surface area contributed by atoms with Crippen LogP contribution in [0.25, 0.3) is 0 Å². The van der Waals surface area contributed by atoms with Crippen molar-refractivity contribution in [3.63, 3.8) is 0 Å². The Bertz CT molecular complexity index is 30.5. The summed E-state index contributed by atoms with van der Waals surface area (Å²) in [5.41, 5.74) is 0. The van der Waals surface area contributed by atoms with Gasteiger partial charge >= 0.3 is 0 Å². The highest BCUT2D eigenvalue weighted by Gasteiger charge is 1.95. The summed E-state index contributed by atoms with van der Waals surface area (Å²) in [4.78, 5) is 0. The summed E-state index contributed by atoms with van der Waals surface area (Å²) < 4.78 is 0. The molecule has 0 aromatic heterocycles. The molecule has 0 saturated heterocycles. The van der Waals surface area contributed by atoms with Gasteiger partial charge in [-0.2, -0.15) is 0 Å². The standard InChI is InChI=1S/C4H10.C3H6.2C3H8.C2H6/c1-3-4-2;1-2-3-1;2*1-3-2;1-2/h3-4H2,1-2H3;1-3H2;2*3H2,1-2H3;1-2H3. The second-order valence-electron chi connectivity index (χ2n) is 3.47. The van der Waals surface area contributed by atoms with E-state index in [1.54, 1.807) is 0 Å². The van der Waals surface area contributed by atoms with Crippen molar-refractivity contribution in [1.82, 2.24) is 0 Å². The molecule has 0 N–H and O–H groups in total. The van der Waals surface area contributed by atoms with E-state index >= 15 is 0 Å². The van der Waals surface area contributed by atoms with Gasteiger partial charge in [-0.25, -0.2) is 0 Å². The first-order valence-corrected chi connectivity index (χ1v) is 7.24. The van der Waals surface area contributed by atoms with E-state index in [9.17, 15) is 0 Å². The zero-order valence-electron chi connectivity index (χ0n) is 12.9. The first kappa shape index (κ1) is 24.3. The summed E-state index contributed by atoms with van der Waals surface area (Å²) in [6.07, 6.45) is 9.64. The molecule has 0 amide bonds. The molecule has 0 nitrogen and oxygen atoms in total. The van der Waals surface area contributed by atoms with Crippen molar-refractivity contribution in [1.29, 1.82) is 0 Å². The molecule has 1 rings (SSSR count). The molecule has 0 bridgehead atoms. The lowest BCUT2D eigenvalue weighted by atomic mass is 10.4. The smallest absolute Gasteiger partial charge is 0.0533 e. The Morgan fingerprint density at radius 2 is 0.667 bits per heavy atom. The maximum atomic E-state index is 2.18. The molecule has 15 heavy (non-hydrogen) atoms. The second-order valence-corrected chi connectivity index (χ2v) is 3.47. The first-order chi connectivity index (χ1) is 7.24. The number of rotatable bonds is 1. The molecule has 0 unspecified atom stereocenters. The summed E-state index contributed by atoms with van der Waals surface area (Å²) in [5.74, 6) is 0. The Labute approximate surface area is 101 Å². The molecular formula is C15H38. The van der Waals surface area contributed by atoms with Crippen molar-refractivity contribution in [2.75, 3.05) is 0 Å². The predicted molar refractivity (Wildman–Crippen MR) is 77.7 cm³/mol. The molecule has 1 fully saturated rings. The molecule has 98 valence electrons. The Morgan fingerprint density at radius 1 is 0.533 bits per heavy atom. The fraction of sp³-hybridized carbons (Fsp3) is 1.00. The molecule has 0 radical (unpaired) electrons. The van der Waals surface area contributed by atoms with Crippen LogP contribution in [0.1, 0.15) is 100 Å². The monoisotopic (exact) mass is 218 g/mol. The molecule has 1 aliphatic rings. The van der Waals surface area contributed by atoms with Crippen LogP contribution in [0.4, 0.5) is 0 Å². The highest BCUT2D eigenvalue weighted by molar-refractivity contribution is 4.50. The minimum atomic E-state index is 1.25. The van der Waals surface area contributed by atoms with Gasteiger partial charge in [0.1, 0.15) is 0 Å². The minimum Gasteiger partial charge on any atom is -0.0683 e. The van der Waals surface area contributed by atoms with Crippen LogP contribution in [0.2, 0.25) is 0 Å². The second kappa shape index (κ2) is 48.3. The highest BCUT2D eigenvalue weighted by Crippen LogP contribution is 2.14. The number of hydrogen-bond donors (Lipinski definition) is 0. The van der Waals surface area contributed by atoms with Gasteiger partial charge in [-0.1, -0.05) is 100 Å². The molecule has 0 heterocycles. The van der Waals surface area contributed by atoms with Crippen molar-refractivity contribution >= 4 is 0 Å². The Kier molecular flexibility index (Phi) is 78.2. The number of unbranched alkanes of at least 4 members (excludes halogenated alkanes) is 1. The zero-order valence-corrected chi connectivity index (χ0v) is 12.9. The van der Waals surface area contributed by atoms with E-state index in [4.69, 9.17) is 0 Å². The first-order valence-electron chi connectivity index (χ1n) is 7.24. The third-order valence-electron chi connectivity index (χ3n) is 0.854. The van der Waals surface area contributed by atoms with Crippen molar-refractivity contribution < 1.29 is 0 Å². The third kappa shape index (κ3) is 504. The molecule has 0 aliphatic heterocycles. The quantitative estimate of drug-likeness (QED) is 0.452. The lowest BCUT2D eigenvalue weighted by Gasteiger charge is -1.68. The fourth-order valence-corrected chi connectivity index (χ4v) is 0. The van der Waals surface area contributed by atoms with Gasteiger partial charge in [0.2, 0.25) is 0 Å². The van der Waals surface area contributed by atoms with E-state index in [0.717, 1.165) is 0 Å². The van der Waals surface area contributed by atoms with Gasteiger partial charge < -0.3 is 0 Å². The van der Waals surface area contributed by atoms with Crippen LogP contribution in [-0.4, -0.2) is 0 Å². The maximum absolute atomic E-state index is 2.18. The minimum absolute atomic E-state index is 1.25. The average molecular weight is 218 g/mol. The van der Waals surface area contributed by atoms with E-state index < -0.39 is 0 Å². The van der Waals surface area contributed by atoms with Crippen LogP contribution in [0.15, 0.2) is 0 Å². The summed E-state index contributed by atoms with van der Waals surface area (Å²) >= 11 is 0. The summed E-state index contributed by atoms with van der Waals surface area (Å²) in [7, 11) is 0. The van der Waals surface area contributed by atoms with Crippen LogP contribution >= 0.6 is 0 Å². The molecule has 0 aromatic carbocycles. The van der Waals surface area contributed by atoms with Crippen LogP contribution < -0.4 is 0 Å². The SMILES string of the molecule is C1CC1.CC.CCC.CCC.CCCC. The van der Waals surface area contributed by atoms with E-state index in [1.165, 1.54) is 44.9 Å². The van der Waals surface area contributed by atoms with E-state index in [1.807, 2.05) is 13.8 Å². The number of hydrogen-bond acceptors (Lipinski definition) is 0. The predicted octanol–water partition coefficient (Wildman–Crippen LogP) is 6.84. The normalized spacial score (nSPS) is 9.60. The van der Waals surface area contributed by atoms with Crippen LogP contribution in [0, 0.1) is 0 Å². The van der Waals surface area contributed by atoms with Gasteiger partial charge in [-0.05, 0) is 0 Å². The summed E-state index contributed by atoms with van der Waals surface area (Å²) in [6.45, 7) is 16.9. The Morgan fingerprint density at radius 3 is 0.667 bits per heavy atom. The fourth-order valence-electron chi connectivity index (χ4n) is 0. The molecule has 1 saturated carbocycles. The molecule has 0 aromatic rings. The van der Waals surface area contributed by atoms with Gasteiger partial charge in [-0.3, -0.25) is 0 Å². The molecule has 0 spiro atoms. The van der Waals surface area contributed by atoms with Crippen molar-refractivity contribution in [2.24, 2.45) is 0 Å². The molecule has 0 atom stereocenters. The topological polar surface area (TPSA) is 0 Å². The van der Waals surface area contributed by atoms with Crippen LogP contribution in [-0.2, 0) is 0 Å². The molecular weight excluding hydrogens is 180 g/mol. The zero-order chi connectivity index (χ0) is 12.9. The van der Waals surface area contributed by atoms with Gasteiger partial charge in [0.25, 0.3) is 0 Å². The third-order valence-corrected chi connectivity index (χ3v) is 0.854. The van der Waals surface area contributed by atoms with Crippen molar-refractivity contribution in [3.05, 3.63) is 0 Å². The largest absolute Gasteiger partial charge is 0.0683 e. The molecule has 0 heteroatoms. The van der Waals surface area contributed by atoms with Crippen molar-refractivity contribution in [2.45, 2.75) is 100 Å². The van der Waals surface area contributed by atoms with Crippen LogP contribution in [0.3, 0.4) is 0 Å². The molecule has 1 aliphatic carbocycles. The van der Waals surface area contributed by atoms with E-state index in [-0.39, 0.29) is 0 Å². The van der Waals surface area contributed by atoms with E-state index in [0.29, 0.717) is 0 Å². The van der Waals surface area contributed by atoms with Gasteiger partial charge in [0, 0.05) is 0 Å². The summed E-state index contributed by atoms with van der Waals surface area (Å²) in [5, 5.41) is 0. The van der Waals surface area contributed by atoms with Gasteiger partial charge in [0.05, 0.1) is 0 Å². The van der Waals surface area contributed by atoms with Gasteiger partial charge in [-0.15, -0.1) is 0 Å². The van der Waals surface area contributed by atoms with E-state index in [2.05, 4.69) is 41.5 Å². The Balaban J connectivity index is -0.0000000513. The average Bonchev–Trinajstić information content (AvgIpc) is 3.10. The maximum Gasteiger partial charge on any atom is -0.0533 e. The van der Waals surface area contributed by atoms with Crippen molar-refractivity contribution in [3.8, 4) is 0 Å². The van der Waals surface area contributed by atoms with Crippen LogP contribution in [0.5, 0.6) is 0 Å².